The fourth-order valence-corrected chi connectivity index (χ4v) is 1.55. The Hall–Kier alpha value is -0.650. The predicted molar refractivity (Wildman–Crippen MR) is 60.1 cm³/mol. The normalized spacial score (nSPS) is 13.3. The van der Waals surface area contributed by atoms with Gasteiger partial charge in [0.15, 0.2) is 0 Å². The van der Waals surface area contributed by atoms with Crippen LogP contribution >= 0.6 is 0 Å². The van der Waals surface area contributed by atoms with Crippen LogP contribution in [0.25, 0.3) is 0 Å². The lowest BCUT2D eigenvalue weighted by atomic mass is 10.1. The van der Waals surface area contributed by atoms with Crippen LogP contribution < -0.4 is 11.3 Å². The maximum absolute atomic E-state index is 11.5. The third kappa shape index (κ3) is 5.11. The summed E-state index contributed by atoms with van der Waals surface area (Å²) >= 11 is 0. The molecule has 0 aliphatic heterocycles. The van der Waals surface area contributed by atoms with E-state index < -0.39 is 0 Å². The molecule has 3 N–H and O–H groups in total. The summed E-state index contributed by atoms with van der Waals surface area (Å²) in [7, 11) is 1.58. The molecule has 0 saturated carbocycles. The van der Waals surface area contributed by atoms with E-state index in [1.54, 1.807) is 7.11 Å². The van der Waals surface area contributed by atoms with Gasteiger partial charge in [0.1, 0.15) is 6.04 Å². The van der Waals surface area contributed by atoms with Crippen LogP contribution in [0.1, 0.15) is 20.8 Å². The molecular formula is C10H23N3O2. The Balaban J connectivity index is 4.46. The Morgan fingerprint density at radius 1 is 1.53 bits per heavy atom. The number of nitrogens with zero attached hydrogens (tertiary/aromatic N) is 1. The molecule has 0 radical (unpaired) electrons. The van der Waals surface area contributed by atoms with Crippen LogP contribution in [0.5, 0.6) is 0 Å². The second-order valence-electron chi connectivity index (χ2n) is 3.96. The lowest BCUT2D eigenvalue weighted by Gasteiger charge is -2.29. The summed E-state index contributed by atoms with van der Waals surface area (Å²) in [6.07, 6.45) is 0. The molecule has 1 atom stereocenters. The zero-order valence-corrected chi connectivity index (χ0v) is 10.1. The standard InChI is InChI=1S/C10H23N3O2/c1-5-13(6-8(2)3)9(7-15-4)10(14)12-11/h8-9H,5-7,11H2,1-4H3,(H,12,14). The summed E-state index contributed by atoms with van der Waals surface area (Å²) < 4.78 is 5.03. The number of hydrazine groups is 1. The minimum atomic E-state index is -0.299. The van der Waals surface area contributed by atoms with E-state index in [0.29, 0.717) is 12.5 Å². The van der Waals surface area contributed by atoms with Gasteiger partial charge in [-0.2, -0.15) is 0 Å². The first-order valence-corrected chi connectivity index (χ1v) is 5.30. The number of nitrogens with two attached hydrogens (primary N) is 1. The van der Waals surface area contributed by atoms with Crippen molar-refractivity contribution in [3.05, 3.63) is 0 Å². The minimum Gasteiger partial charge on any atom is -0.383 e. The quantitative estimate of drug-likeness (QED) is 0.357. The number of ether oxygens (including phenoxy) is 1. The van der Waals surface area contributed by atoms with Crippen molar-refractivity contribution in [2.45, 2.75) is 26.8 Å². The zero-order valence-electron chi connectivity index (χ0n) is 10.1. The average molecular weight is 217 g/mol. The van der Waals surface area contributed by atoms with Crippen molar-refractivity contribution in [3.8, 4) is 0 Å². The van der Waals surface area contributed by atoms with Crippen LogP contribution in [-0.4, -0.2) is 43.7 Å². The monoisotopic (exact) mass is 217 g/mol. The van der Waals surface area contributed by atoms with Crippen molar-refractivity contribution in [1.29, 1.82) is 0 Å². The molecule has 1 amide bonds. The molecule has 0 rings (SSSR count). The van der Waals surface area contributed by atoms with Crippen molar-refractivity contribution in [3.63, 3.8) is 0 Å². The van der Waals surface area contributed by atoms with E-state index in [0.717, 1.165) is 13.1 Å². The van der Waals surface area contributed by atoms with Crippen LogP contribution in [0.3, 0.4) is 0 Å². The van der Waals surface area contributed by atoms with Crippen LogP contribution in [0.4, 0.5) is 0 Å². The molecule has 0 fully saturated rings. The summed E-state index contributed by atoms with van der Waals surface area (Å²) in [6, 6.07) is -0.299. The van der Waals surface area contributed by atoms with Gasteiger partial charge in [0.05, 0.1) is 6.61 Å². The predicted octanol–water partition coefficient (Wildman–Crippen LogP) is -0.0308. The molecular weight excluding hydrogens is 194 g/mol. The highest BCUT2D eigenvalue weighted by Gasteiger charge is 2.24. The maximum Gasteiger partial charge on any atom is 0.253 e. The number of nitrogens with one attached hydrogen (secondary N) is 1. The molecule has 0 aliphatic rings. The summed E-state index contributed by atoms with van der Waals surface area (Å²) in [5.74, 6) is 5.46. The van der Waals surface area contributed by atoms with Gasteiger partial charge in [-0.1, -0.05) is 20.8 Å². The molecule has 15 heavy (non-hydrogen) atoms. The van der Waals surface area contributed by atoms with E-state index in [1.165, 1.54) is 0 Å². The summed E-state index contributed by atoms with van der Waals surface area (Å²) in [5.41, 5.74) is 2.18. The number of amides is 1. The topological polar surface area (TPSA) is 67.6 Å². The zero-order chi connectivity index (χ0) is 11.8. The van der Waals surface area contributed by atoms with Gasteiger partial charge in [-0.15, -0.1) is 0 Å². The lowest BCUT2D eigenvalue weighted by molar-refractivity contribution is -0.128. The van der Waals surface area contributed by atoms with Crippen molar-refractivity contribution in [1.82, 2.24) is 10.3 Å². The first kappa shape index (κ1) is 14.3. The number of likely N-dealkylation sites (N-methyl/N-ethyl adjacent to an activating group) is 1. The molecule has 0 heterocycles. The SMILES string of the molecule is CCN(CC(C)C)C(COC)C(=O)NN. The Morgan fingerprint density at radius 3 is 2.47 bits per heavy atom. The van der Waals surface area contributed by atoms with Crippen LogP contribution in [0.2, 0.25) is 0 Å². The molecule has 5 nitrogen and oxygen atoms in total. The molecule has 1 unspecified atom stereocenters. The van der Waals surface area contributed by atoms with Gasteiger partial charge in [0, 0.05) is 13.7 Å². The van der Waals surface area contributed by atoms with E-state index in [2.05, 4.69) is 24.2 Å². The first-order chi connectivity index (χ1) is 7.06. The van der Waals surface area contributed by atoms with Gasteiger partial charge in [-0.3, -0.25) is 15.1 Å². The van der Waals surface area contributed by atoms with Gasteiger partial charge in [-0.25, -0.2) is 5.84 Å². The lowest BCUT2D eigenvalue weighted by Crippen LogP contribution is -2.52. The third-order valence-corrected chi connectivity index (χ3v) is 2.22. The maximum atomic E-state index is 11.5. The molecule has 0 aromatic carbocycles. The Morgan fingerprint density at radius 2 is 2.13 bits per heavy atom. The highest BCUT2D eigenvalue weighted by Crippen LogP contribution is 2.05. The van der Waals surface area contributed by atoms with Crippen LogP contribution in [0, 0.1) is 5.92 Å². The number of methoxy groups -OCH3 is 1. The van der Waals surface area contributed by atoms with Gasteiger partial charge in [0.2, 0.25) is 0 Å². The molecule has 0 aromatic rings. The molecule has 90 valence electrons. The first-order valence-electron chi connectivity index (χ1n) is 5.30. The van der Waals surface area contributed by atoms with E-state index in [9.17, 15) is 4.79 Å². The third-order valence-electron chi connectivity index (χ3n) is 2.22. The second-order valence-corrected chi connectivity index (χ2v) is 3.96. The van der Waals surface area contributed by atoms with Crippen LogP contribution in [0.15, 0.2) is 0 Å². The van der Waals surface area contributed by atoms with Gasteiger partial charge >= 0.3 is 0 Å². The number of hydrogen-bond donors (Lipinski definition) is 2. The van der Waals surface area contributed by atoms with Crippen molar-refractivity contribution >= 4 is 5.91 Å². The number of rotatable bonds is 7. The Kier molecular flexibility index (Phi) is 7.29. The van der Waals surface area contributed by atoms with E-state index >= 15 is 0 Å². The summed E-state index contributed by atoms with van der Waals surface area (Å²) in [6.45, 7) is 8.29. The van der Waals surface area contributed by atoms with E-state index in [4.69, 9.17) is 10.6 Å². The molecule has 5 heteroatoms. The largest absolute Gasteiger partial charge is 0.383 e. The van der Waals surface area contributed by atoms with Crippen molar-refractivity contribution < 1.29 is 9.53 Å². The van der Waals surface area contributed by atoms with E-state index in [-0.39, 0.29) is 11.9 Å². The second kappa shape index (κ2) is 7.62. The van der Waals surface area contributed by atoms with Crippen LogP contribution in [-0.2, 0) is 9.53 Å². The van der Waals surface area contributed by atoms with Gasteiger partial charge < -0.3 is 4.74 Å². The summed E-state index contributed by atoms with van der Waals surface area (Å²) in [4.78, 5) is 13.6. The number of carbonyl (C=O) groups excluding carboxylic acids is 1. The number of carbonyl (C=O) groups is 1. The Bertz CT molecular complexity index is 186. The fourth-order valence-electron chi connectivity index (χ4n) is 1.55. The average Bonchev–Trinajstić information content (AvgIpc) is 2.21. The highest BCUT2D eigenvalue weighted by molar-refractivity contribution is 5.81. The fraction of sp³-hybridized carbons (Fsp3) is 0.900. The van der Waals surface area contributed by atoms with Gasteiger partial charge in [-0.05, 0) is 12.5 Å². The molecule has 0 spiro atoms. The highest BCUT2D eigenvalue weighted by atomic mass is 16.5. The Labute approximate surface area is 91.9 Å². The minimum absolute atomic E-state index is 0.195. The summed E-state index contributed by atoms with van der Waals surface area (Å²) in [5, 5.41) is 0. The molecule has 0 aromatic heterocycles. The van der Waals surface area contributed by atoms with Crippen molar-refractivity contribution in [2.24, 2.45) is 11.8 Å². The van der Waals surface area contributed by atoms with Crippen molar-refractivity contribution in [2.75, 3.05) is 26.8 Å². The van der Waals surface area contributed by atoms with E-state index in [1.807, 2.05) is 6.92 Å². The van der Waals surface area contributed by atoms with Gasteiger partial charge in [0.25, 0.3) is 5.91 Å². The molecule has 0 bridgehead atoms. The number of hydrogen-bond acceptors (Lipinski definition) is 4. The molecule has 0 saturated heterocycles. The molecule has 0 aliphatic carbocycles. The smallest absolute Gasteiger partial charge is 0.253 e.